The van der Waals surface area contributed by atoms with Gasteiger partial charge in [0.1, 0.15) is 5.69 Å². The predicted molar refractivity (Wildman–Crippen MR) is 98.3 cm³/mol. The maximum Gasteiger partial charge on any atom is 0.277 e. The molecule has 0 saturated carbocycles. The molecule has 128 valence electrons. The number of nitrogens with zero attached hydrogens (tertiary/aromatic N) is 3. The molecule has 6 nitrogen and oxygen atoms in total. The van der Waals surface area contributed by atoms with Crippen LogP contribution in [-0.4, -0.2) is 20.7 Å². The minimum absolute atomic E-state index is 0.178. The smallest absolute Gasteiger partial charge is 0.277 e. The van der Waals surface area contributed by atoms with Crippen molar-refractivity contribution in [2.75, 3.05) is 5.32 Å². The predicted octanol–water partition coefficient (Wildman–Crippen LogP) is 2.93. The highest BCUT2D eigenvalue weighted by Gasteiger charge is 2.13. The lowest BCUT2D eigenvalue weighted by molar-refractivity contribution is 0.102. The normalized spacial score (nSPS) is 10.7. The molecule has 0 atom stereocenters. The number of thiazole rings is 1. The summed E-state index contributed by atoms with van der Waals surface area (Å²) in [4.78, 5) is 29.7. The van der Waals surface area contributed by atoms with E-state index in [1.165, 1.54) is 28.2 Å². The second-order valence-corrected chi connectivity index (χ2v) is 7.02. The van der Waals surface area contributed by atoms with Gasteiger partial charge >= 0.3 is 0 Å². The zero-order valence-corrected chi connectivity index (χ0v) is 15.1. The van der Waals surface area contributed by atoms with Gasteiger partial charge in [0.15, 0.2) is 5.13 Å². The van der Waals surface area contributed by atoms with Crippen LogP contribution in [0.3, 0.4) is 0 Å². The first-order chi connectivity index (χ1) is 11.9. The number of nitrogens with one attached hydrogen (secondary N) is 1. The van der Waals surface area contributed by atoms with Crippen LogP contribution in [-0.2, 0) is 6.54 Å². The van der Waals surface area contributed by atoms with Crippen molar-refractivity contribution in [2.45, 2.75) is 27.3 Å². The highest BCUT2D eigenvalue weighted by molar-refractivity contribution is 7.15. The van der Waals surface area contributed by atoms with Gasteiger partial charge in [-0.1, -0.05) is 29.8 Å². The van der Waals surface area contributed by atoms with Crippen molar-refractivity contribution in [1.29, 1.82) is 0 Å². The van der Waals surface area contributed by atoms with Gasteiger partial charge in [-0.05, 0) is 32.4 Å². The van der Waals surface area contributed by atoms with E-state index >= 15 is 0 Å². The number of aromatic nitrogens is 3. The highest BCUT2D eigenvalue weighted by Crippen LogP contribution is 2.21. The molecule has 3 rings (SSSR count). The van der Waals surface area contributed by atoms with Crippen molar-refractivity contribution in [3.63, 3.8) is 0 Å². The molecule has 0 aliphatic carbocycles. The Bertz CT molecular complexity index is 954. The van der Waals surface area contributed by atoms with Gasteiger partial charge < -0.3 is 0 Å². The van der Waals surface area contributed by atoms with Gasteiger partial charge in [-0.15, -0.1) is 11.3 Å². The maximum atomic E-state index is 12.4. The van der Waals surface area contributed by atoms with Gasteiger partial charge in [-0.25, -0.2) is 9.67 Å². The van der Waals surface area contributed by atoms with E-state index in [0.29, 0.717) is 11.7 Å². The van der Waals surface area contributed by atoms with Gasteiger partial charge in [-0.2, -0.15) is 5.10 Å². The first-order valence-electron chi connectivity index (χ1n) is 7.81. The number of anilines is 1. The van der Waals surface area contributed by atoms with Crippen LogP contribution >= 0.6 is 11.3 Å². The van der Waals surface area contributed by atoms with Crippen LogP contribution in [0.2, 0.25) is 0 Å². The minimum Gasteiger partial charge on any atom is -0.296 e. The zero-order chi connectivity index (χ0) is 18.0. The van der Waals surface area contributed by atoms with Crippen molar-refractivity contribution in [1.82, 2.24) is 14.8 Å². The van der Waals surface area contributed by atoms with E-state index in [2.05, 4.69) is 15.4 Å². The Labute approximate surface area is 149 Å². The molecule has 3 aromatic rings. The van der Waals surface area contributed by atoms with E-state index < -0.39 is 0 Å². The molecule has 0 saturated heterocycles. The number of carbonyl (C=O) groups is 1. The molecule has 0 aliphatic rings. The van der Waals surface area contributed by atoms with Gasteiger partial charge in [0.2, 0.25) is 0 Å². The molecule has 25 heavy (non-hydrogen) atoms. The third kappa shape index (κ3) is 4.00. The summed E-state index contributed by atoms with van der Waals surface area (Å²) in [7, 11) is 0. The molecule has 0 bridgehead atoms. The third-order valence-electron chi connectivity index (χ3n) is 3.80. The summed E-state index contributed by atoms with van der Waals surface area (Å²) < 4.78 is 1.29. The topological polar surface area (TPSA) is 76.9 Å². The van der Waals surface area contributed by atoms with E-state index in [1.54, 1.807) is 0 Å². The summed E-state index contributed by atoms with van der Waals surface area (Å²) in [6, 6.07) is 10.6. The van der Waals surface area contributed by atoms with Gasteiger partial charge in [0.25, 0.3) is 11.5 Å². The van der Waals surface area contributed by atoms with Gasteiger partial charge in [0.05, 0.1) is 12.2 Å². The van der Waals surface area contributed by atoms with Crippen molar-refractivity contribution >= 4 is 22.4 Å². The highest BCUT2D eigenvalue weighted by atomic mass is 32.1. The Morgan fingerprint density at radius 1 is 1.12 bits per heavy atom. The molecule has 0 radical (unpaired) electrons. The second kappa shape index (κ2) is 6.98. The number of hydrogen-bond acceptors (Lipinski definition) is 5. The Morgan fingerprint density at radius 2 is 1.84 bits per heavy atom. The Hall–Kier alpha value is -2.80. The molecule has 2 heterocycles. The second-order valence-electron chi connectivity index (χ2n) is 5.81. The van der Waals surface area contributed by atoms with E-state index in [4.69, 9.17) is 0 Å². The Morgan fingerprint density at radius 3 is 2.48 bits per heavy atom. The molecule has 0 fully saturated rings. The summed E-state index contributed by atoms with van der Waals surface area (Å²) in [5, 5.41) is 7.44. The molecule has 1 aromatic carbocycles. The third-order valence-corrected chi connectivity index (χ3v) is 4.79. The number of benzene rings is 1. The summed E-state index contributed by atoms with van der Waals surface area (Å²) in [6.07, 6.45) is 0. The number of hydrogen-bond donors (Lipinski definition) is 1. The average Bonchev–Trinajstić information content (AvgIpc) is 2.89. The molecule has 0 spiro atoms. The SMILES string of the molecule is Cc1ccc(Cn2nc(C(=O)Nc3nc(C)c(C)s3)ccc2=O)cc1. The fourth-order valence-electron chi connectivity index (χ4n) is 2.24. The van der Waals surface area contributed by atoms with Gasteiger partial charge in [-0.3, -0.25) is 14.9 Å². The van der Waals surface area contributed by atoms with Crippen molar-refractivity contribution in [3.8, 4) is 0 Å². The first kappa shape index (κ1) is 17.0. The van der Waals surface area contributed by atoms with Crippen LogP contribution in [0.5, 0.6) is 0 Å². The van der Waals surface area contributed by atoms with Crippen LogP contribution in [0, 0.1) is 20.8 Å². The van der Waals surface area contributed by atoms with Crippen LogP contribution in [0.15, 0.2) is 41.2 Å². The van der Waals surface area contributed by atoms with Crippen molar-refractivity contribution in [3.05, 3.63) is 74.1 Å². The van der Waals surface area contributed by atoms with Crippen molar-refractivity contribution < 1.29 is 4.79 Å². The number of aryl methyl sites for hydroxylation is 3. The van der Waals surface area contributed by atoms with E-state index in [0.717, 1.165) is 21.7 Å². The lowest BCUT2D eigenvalue weighted by atomic mass is 10.1. The van der Waals surface area contributed by atoms with Crippen LogP contribution in [0.4, 0.5) is 5.13 Å². The van der Waals surface area contributed by atoms with E-state index in [9.17, 15) is 9.59 Å². The standard InChI is InChI=1S/C18H18N4O2S/c1-11-4-6-14(7-5-11)10-22-16(23)9-8-15(21-22)17(24)20-18-19-12(2)13(3)25-18/h4-9H,10H2,1-3H3,(H,19,20,24). The maximum absolute atomic E-state index is 12.4. The number of amides is 1. The molecule has 1 amide bonds. The molecule has 0 aliphatic heterocycles. The van der Waals surface area contributed by atoms with E-state index in [1.807, 2.05) is 45.0 Å². The minimum atomic E-state index is -0.383. The number of rotatable bonds is 4. The van der Waals surface area contributed by atoms with Crippen LogP contribution in [0.1, 0.15) is 32.2 Å². The molecule has 7 heteroatoms. The fraction of sp³-hybridized carbons (Fsp3) is 0.222. The Kier molecular flexibility index (Phi) is 4.76. The summed E-state index contributed by atoms with van der Waals surface area (Å²) in [5.74, 6) is -0.383. The Balaban J connectivity index is 1.81. The molecular weight excluding hydrogens is 336 g/mol. The molecular formula is C18H18N4O2S. The fourth-order valence-corrected chi connectivity index (χ4v) is 3.05. The zero-order valence-electron chi connectivity index (χ0n) is 14.2. The number of carbonyl (C=O) groups excluding carboxylic acids is 1. The summed E-state index contributed by atoms with van der Waals surface area (Å²) in [5.41, 5.74) is 2.91. The van der Waals surface area contributed by atoms with Crippen molar-refractivity contribution in [2.24, 2.45) is 0 Å². The van der Waals surface area contributed by atoms with Crippen LogP contribution in [0.25, 0.3) is 0 Å². The molecule has 2 aromatic heterocycles. The molecule has 0 unspecified atom stereocenters. The average molecular weight is 354 g/mol. The largest absolute Gasteiger partial charge is 0.296 e. The monoisotopic (exact) mass is 354 g/mol. The first-order valence-corrected chi connectivity index (χ1v) is 8.63. The quantitative estimate of drug-likeness (QED) is 0.781. The lowest BCUT2D eigenvalue weighted by Crippen LogP contribution is -2.26. The molecule has 1 N–H and O–H groups in total. The van der Waals surface area contributed by atoms with Crippen LogP contribution < -0.4 is 10.9 Å². The summed E-state index contributed by atoms with van der Waals surface area (Å²) >= 11 is 1.41. The van der Waals surface area contributed by atoms with E-state index in [-0.39, 0.29) is 17.2 Å². The van der Waals surface area contributed by atoms with Gasteiger partial charge in [0, 0.05) is 10.9 Å². The lowest BCUT2D eigenvalue weighted by Gasteiger charge is -2.07. The summed E-state index contributed by atoms with van der Waals surface area (Å²) in [6.45, 7) is 6.15.